The number of carbonyl (C=O) groups excluding carboxylic acids is 7. The Morgan fingerprint density at radius 1 is 0.817 bits per heavy atom. The normalized spacial score (nSPS) is 18.1. The van der Waals surface area contributed by atoms with Crippen LogP contribution >= 0.6 is 0 Å². The molecule has 0 spiro atoms. The molecule has 3 aromatic rings. The van der Waals surface area contributed by atoms with E-state index in [9.17, 15) is 33.6 Å². The lowest BCUT2D eigenvalue weighted by Crippen LogP contribution is -2.58. The second-order valence-electron chi connectivity index (χ2n) is 15.8. The molecule has 1 saturated heterocycles. The fourth-order valence-electron chi connectivity index (χ4n) is 8.14. The van der Waals surface area contributed by atoms with Gasteiger partial charge in [-0.15, -0.1) is 0 Å². The number of ketones is 1. The van der Waals surface area contributed by atoms with E-state index in [0.717, 1.165) is 48.8 Å². The van der Waals surface area contributed by atoms with Crippen molar-refractivity contribution >= 4 is 41.2 Å². The summed E-state index contributed by atoms with van der Waals surface area (Å²) in [4.78, 5) is 96.3. The average molecular weight is 823 g/mol. The van der Waals surface area contributed by atoms with Crippen molar-refractivity contribution in [3.05, 3.63) is 107 Å². The SMILES string of the molecule is CCCCC(NC(=O)[C@@H]1C[C@@H](OCc2ccccc2)CN1C(=O)C(NC(=O)c1c(C)cccc1C)C1CCCCC1)C(=O)C(=O)NCC(=O)NC(C(N)=O)c1ccccc1. The van der Waals surface area contributed by atoms with Crippen LogP contribution in [-0.2, 0) is 40.1 Å². The number of likely N-dealkylation sites (tertiary alicyclic amines) is 1. The van der Waals surface area contributed by atoms with Crippen molar-refractivity contribution in [2.24, 2.45) is 11.7 Å². The first kappa shape index (κ1) is 45.2. The number of benzene rings is 3. The number of rotatable bonds is 19. The maximum absolute atomic E-state index is 14.9. The lowest BCUT2D eigenvalue weighted by Gasteiger charge is -2.35. The van der Waals surface area contributed by atoms with Crippen LogP contribution in [0.25, 0.3) is 0 Å². The van der Waals surface area contributed by atoms with Crippen LogP contribution in [0.4, 0.5) is 0 Å². The lowest BCUT2D eigenvalue weighted by atomic mass is 9.83. The van der Waals surface area contributed by atoms with Gasteiger partial charge in [-0.05, 0) is 61.3 Å². The summed E-state index contributed by atoms with van der Waals surface area (Å²) in [7, 11) is 0. The molecule has 5 rings (SSSR count). The molecule has 1 aliphatic heterocycles. The van der Waals surface area contributed by atoms with E-state index < -0.39 is 72.1 Å². The summed E-state index contributed by atoms with van der Waals surface area (Å²) in [5, 5.41) is 10.6. The Morgan fingerprint density at radius 3 is 2.10 bits per heavy atom. The first-order chi connectivity index (χ1) is 28.9. The van der Waals surface area contributed by atoms with Crippen LogP contribution in [0, 0.1) is 19.8 Å². The molecule has 1 aliphatic carbocycles. The predicted molar refractivity (Wildman–Crippen MR) is 225 cm³/mol. The van der Waals surface area contributed by atoms with Gasteiger partial charge in [0, 0.05) is 18.5 Å². The fraction of sp³-hybridized carbons (Fsp3) is 0.457. The van der Waals surface area contributed by atoms with E-state index in [1.807, 2.05) is 69.3 Å². The van der Waals surface area contributed by atoms with Crippen LogP contribution in [0.3, 0.4) is 0 Å². The molecule has 0 bridgehead atoms. The number of unbranched alkanes of at least 4 members (excludes halogenated alkanes) is 1. The van der Waals surface area contributed by atoms with Crippen molar-refractivity contribution in [3.8, 4) is 0 Å². The Kier molecular flexibility index (Phi) is 16.5. The van der Waals surface area contributed by atoms with Gasteiger partial charge in [-0.2, -0.15) is 0 Å². The molecule has 14 heteroatoms. The highest BCUT2D eigenvalue weighted by molar-refractivity contribution is 6.38. The molecular weight excluding hydrogens is 765 g/mol. The second-order valence-corrected chi connectivity index (χ2v) is 15.8. The van der Waals surface area contributed by atoms with Crippen LogP contribution in [0.1, 0.15) is 103 Å². The highest BCUT2D eigenvalue weighted by Gasteiger charge is 2.45. The summed E-state index contributed by atoms with van der Waals surface area (Å²) in [6.07, 6.45) is 5.16. The maximum atomic E-state index is 14.9. The zero-order valence-electron chi connectivity index (χ0n) is 34.7. The summed E-state index contributed by atoms with van der Waals surface area (Å²) in [6, 6.07) is 19.0. The quantitative estimate of drug-likeness (QED) is 0.112. The van der Waals surface area contributed by atoms with Gasteiger partial charge in [0.2, 0.25) is 29.4 Å². The number of primary amides is 1. The molecule has 3 unspecified atom stereocenters. The summed E-state index contributed by atoms with van der Waals surface area (Å²) >= 11 is 0. The first-order valence-corrected chi connectivity index (χ1v) is 21.0. The molecule has 1 saturated carbocycles. The standard InChI is InChI=1S/C46H58N6O8/c1-4-5-24-35(41(54)45(58)48-26-37(53)50-39(42(47)55)32-20-11-7-12-21-32)49-43(56)36-25-34(60-28-31-18-9-6-10-19-31)27-52(36)46(59)40(33-22-13-8-14-23-33)51-44(57)38-29(2)16-15-17-30(38)3/h6-7,9-12,15-21,33-36,39-40H,4-5,8,13-14,22-28H2,1-3H3,(H2,47,55)(H,48,58)(H,49,56)(H,50,53)(H,51,57)/t34-,35?,36+,39?,40?/m1/s1. The number of hydrogen-bond donors (Lipinski definition) is 5. The Morgan fingerprint density at radius 2 is 1.47 bits per heavy atom. The number of nitrogens with one attached hydrogen (secondary N) is 4. The lowest BCUT2D eigenvalue weighted by molar-refractivity contribution is -0.143. The van der Waals surface area contributed by atoms with Gasteiger partial charge >= 0.3 is 0 Å². The molecule has 320 valence electrons. The van der Waals surface area contributed by atoms with Crippen LogP contribution in [0.15, 0.2) is 78.9 Å². The molecule has 5 atom stereocenters. The van der Waals surface area contributed by atoms with Crippen molar-refractivity contribution in [2.45, 2.75) is 115 Å². The molecule has 0 radical (unpaired) electrons. The van der Waals surface area contributed by atoms with Crippen molar-refractivity contribution in [2.75, 3.05) is 13.1 Å². The number of ether oxygens (including phenoxy) is 1. The van der Waals surface area contributed by atoms with E-state index in [1.165, 1.54) is 4.90 Å². The predicted octanol–water partition coefficient (Wildman–Crippen LogP) is 3.87. The van der Waals surface area contributed by atoms with Gasteiger partial charge in [0.05, 0.1) is 25.3 Å². The number of carbonyl (C=O) groups is 7. The minimum Gasteiger partial charge on any atom is -0.372 e. The topological polar surface area (TPSA) is 206 Å². The minimum atomic E-state index is -1.26. The van der Waals surface area contributed by atoms with Crippen LogP contribution < -0.4 is 27.0 Å². The third-order valence-corrected chi connectivity index (χ3v) is 11.4. The van der Waals surface area contributed by atoms with Gasteiger partial charge in [0.15, 0.2) is 0 Å². The summed E-state index contributed by atoms with van der Waals surface area (Å²) in [5.74, 6) is -5.18. The minimum absolute atomic E-state index is 0.0741. The third kappa shape index (κ3) is 12.1. The number of amides is 6. The Bertz CT molecular complexity index is 1970. The van der Waals surface area contributed by atoms with Crippen molar-refractivity contribution in [1.29, 1.82) is 0 Å². The van der Waals surface area contributed by atoms with Gasteiger partial charge in [-0.3, -0.25) is 33.6 Å². The summed E-state index contributed by atoms with van der Waals surface area (Å²) in [5.41, 5.74) is 8.94. The van der Waals surface area contributed by atoms with Gasteiger partial charge in [0.1, 0.15) is 18.1 Å². The van der Waals surface area contributed by atoms with Gasteiger partial charge in [-0.1, -0.05) is 118 Å². The zero-order valence-corrected chi connectivity index (χ0v) is 34.7. The van der Waals surface area contributed by atoms with E-state index in [1.54, 1.807) is 30.3 Å². The van der Waals surface area contributed by atoms with Gasteiger partial charge in [-0.25, -0.2) is 0 Å². The van der Waals surface area contributed by atoms with E-state index in [2.05, 4.69) is 21.3 Å². The van der Waals surface area contributed by atoms with E-state index in [0.29, 0.717) is 24.0 Å². The molecule has 0 aromatic heterocycles. The largest absolute Gasteiger partial charge is 0.372 e. The van der Waals surface area contributed by atoms with Crippen LogP contribution in [-0.4, -0.2) is 83.4 Å². The van der Waals surface area contributed by atoms with Crippen molar-refractivity contribution in [1.82, 2.24) is 26.2 Å². The average Bonchev–Trinajstić information content (AvgIpc) is 3.69. The van der Waals surface area contributed by atoms with Crippen LogP contribution in [0.2, 0.25) is 0 Å². The second kappa shape index (κ2) is 21.9. The fourth-order valence-corrected chi connectivity index (χ4v) is 8.14. The Hall–Kier alpha value is -5.89. The van der Waals surface area contributed by atoms with E-state index in [-0.39, 0.29) is 37.8 Å². The number of aryl methyl sites for hydroxylation is 2. The molecule has 3 aromatic carbocycles. The maximum Gasteiger partial charge on any atom is 0.290 e. The molecule has 6 N–H and O–H groups in total. The molecule has 6 amide bonds. The highest BCUT2D eigenvalue weighted by Crippen LogP contribution is 2.31. The number of hydrogen-bond acceptors (Lipinski definition) is 8. The highest BCUT2D eigenvalue weighted by atomic mass is 16.5. The smallest absolute Gasteiger partial charge is 0.290 e. The molecule has 2 aliphatic rings. The first-order valence-electron chi connectivity index (χ1n) is 21.0. The van der Waals surface area contributed by atoms with Gasteiger partial charge < -0.3 is 36.6 Å². The number of nitrogens with zero attached hydrogens (tertiary/aromatic N) is 1. The number of Topliss-reactive ketones (excluding diaryl/α,β-unsaturated/α-hetero) is 1. The van der Waals surface area contributed by atoms with Crippen LogP contribution in [0.5, 0.6) is 0 Å². The van der Waals surface area contributed by atoms with E-state index in [4.69, 9.17) is 10.5 Å². The van der Waals surface area contributed by atoms with Crippen molar-refractivity contribution in [3.63, 3.8) is 0 Å². The summed E-state index contributed by atoms with van der Waals surface area (Å²) in [6.45, 7) is 5.30. The molecule has 60 heavy (non-hydrogen) atoms. The third-order valence-electron chi connectivity index (χ3n) is 11.4. The van der Waals surface area contributed by atoms with Gasteiger partial charge in [0.25, 0.3) is 11.8 Å². The van der Waals surface area contributed by atoms with E-state index >= 15 is 0 Å². The Labute approximate surface area is 351 Å². The van der Waals surface area contributed by atoms with Crippen molar-refractivity contribution < 1.29 is 38.3 Å². The summed E-state index contributed by atoms with van der Waals surface area (Å²) < 4.78 is 6.28. The molecule has 2 fully saturated rings. The Balaban J connectivity index is 1.34. The molecule has 14 nitrogen and oxygen atoms in total. The molecular formula is C46H58N6O8. The monoisotopic (exact) mass is 822 g/mol. The number of nitrogens with two attached hydrogens (primary N) is 1. The zero-order chi connectivity index (χ0) is 43.2. The molecule has 1 heterocycles.